The molecule has 0 saturated carbocycles. The number of hydrogen-bond acceptors (Lipinski definition) is 6. The van der Waals surface area contributed by atoms with Crippen LogP contribution in [0.15, 0.2) is 37.0 Å². The molecule has 1 aliphatic rings. The Labute approximate surface area is 163 Å². The largest absolute Gasteiger partial charge is 0.381 e. The molecule has 1 aromatic carbocycles. The fourth-order valence-electron chi connectivity index (χ4n) is 3.46. The van der Waals surface area contributed by atoms with Crippen LogP contribution >= 0.6 is 22.9 Å². The Bertz CT molecular complexity index is 1220. The topological polar surface area (TPSA) is 66.9 Å². The molecule has 0 aliphatic carbocycles. The van der Waals surface area contributed by atoms with Crippen molar-refractivity contribution in [3.8, 4) is 11.3 Å². The summed E-state index contributed by atoms with van der Waals surface area (Å²) < 4.78 is 5.34. The number of nitrogens with zero attached hydrogens (tertiary/aromatic N) is 2. The number of benzene rings is 1. The molecule has 0 fully saturated rings. The van der Waals surface area contributed by atoms with Crippen LogP contribution in [0.3, 0.4) is 0 Å². The minimum Gasteiger partial charge on any atom is -0.381 e. The van der Waals surface area contributed by atoms with Crippen molar-refractivity contribution in [1.82, 2.24) is 14.7 Å². The van der Waals surface area contributed by atoms with Gasteiger partial charge in [0.1, 0.15) is 4.88 Å². The molecule has 0 unspecified atom stereocenters. The van der Waals surface area contributed by atoms with E-state index >= 15 is 0 Å². The lowest BCUT2D eigenvalue weighted by Gasteiger charge is -2.10. The third kappa shape index (κ3) is 2.54. The summed E-state index contributed by atoms with van der Waals surface area (Å²) >= 11 is 2.94. The summed E-state index contributed by atoms with van der Waals surface area (Å²) in [4.78, 5) is 19.1. The maximum Gasteiger partial charge on any atom is 0.263 e. The van der Waals surface area contributed by atoms with E-state index in [9.17, 15) is 4.79 Å². The molecule has 4 aromatic rings. The number of carbonyl (C=O) groups is 1. The Hall–Kier alpha value is -2.77. The van der Waals surface area contributed by atoms with Gasteiger partial charge in [0.05, 0.1) is 28.0 Å². The van der Waals surface area contributed by atoms with Crippen LogP contribution in [0.25, 0.3) is 38.3 Å². The van der Waals surface area contributed by atoms with E-state index in [1.54, 1.807) is 0 Å². The molecule has 134 valence electrons. The monoisotopic (exact) mass is 392 g/mol. The van der Waals surface area contributed by atoms with Gasteiger partial charge < -0.3 is 10.6 Å². The lowest BCUT2D eigenvalue weighted by atomic mass is 10.1. The minimum atomic E-state index is -0.0126. The molecule has 3 aromatic heterocycles. The van der Waals surface area contributed by atoms with E-state index in [4.69, 9.17) is 4.98 Å². The van der Waals surface area contributed by atoms with Crippen LogP contribution in [0.2, 0.25) is 0 Å². The van der Waals surface area contributed by atoms with E-state index in [1.165, 1.54) is 22.9 Å². The van der Waals surface area contributed by atoms with E-state index in [1.807, 2.05) is 37.4 Å². The van der Waals surface area contributed by atoms with Crippen molar-refractivity contribution in [2.45, 2.75) is 13.0 Å². The van der Waals surface area contributed by atoms with Crippen LogP contribution in [0.4, 0.5) is 5.69 Å². The molecule has 0 spiro atoms. The third-order valence-electron chi connectivity index (χ3n) is 4.75. The quantitative estimate of drug-likeness (QED) is 0.516. The number of fused-ring (bicyclic) bond motifs is 5. The number of rotatable bonds is 2. The van der Waals surface area contributed by atoms with Crippen LogP contribution in [0.5, 0.6) is 0 Å². The van der Waals surface area contributed by atoms with E-state index < -0.39 is 0 Å². The number of thiophene rings is 1. The molecule has 5 nitrogen and oxygen atoms in total. The molecule has 5 rings (SSSR count). The summed E-state index contributed by atoms with van der Waals surface area (Å²) in [6.45, 7) is 6.56. The molecule has 0 bridgehead atoms. The molecule has 4 heterocycles. The van der Waals surface area contributed by atoms with E-state index in [2.05, 4.69) is 27.7 Å². The normalized spacial score (nSPS) is 16.6. The first-order valence-corrected chi connectivity index (χ1v) is 10.2. The predicted octanol–water partition coefficient (Wildman–Crippen LogP) is 4.76. The smallest absolute Gasteiger partial charge is 0.263 e. The van der Waals surface area contributed by atoms with E-state index in [0.29, 0.717) is 6.54 Å². The molecular weight excluding hydrogens is 376 g/mol. The van der Waals surface area contributed by atoms with Crippen LogP contribution in [-0.2, 0) is 0 Å². The molecule has 2 N–H and O–H groups in total. The average molecular weight is 393 g/mol. The van der Waals surface area contributed by atoms with Gasteiger partial charge in [-0.05, 0) is 48.8 Å². The van der Waals surface area contributed by atoms with Crippen molar-refractivity contribution < 1.29 is 4.79 Å². The van der Waals surface area contributed by atoms with Crippen molar-refractivity contribution >= 4 is 61.5 Å². The third-order valence-corrected chi connectivity index (χ3v) is 6.70. The maximum absolute atomic E-state index is 12.5. The summed E-state index contributed by atoms with van der Waals surface area (Å²) in [7, 11) is 0. The van der Waals surface area contributed by atoms with Gasteiger partial charge in [0, 0.05) is 33.6 Å². The standard InChI is InChI=1S/C20H16N4OS2/c1-3-15-12(9-22-27-15)14-5-4-11-13(24-14)6-7-16-17(11)18-19(26-16)20(25)23-10(2)8-21-18/h3-7,9-10,21H,1,8H2,2H3,(H,23,25)/t10-/m1/s1. The van der Waals surface area contributed by atoms with Gasteiger partial charge in [0.2, 0.25) is 0 Å². The second-order valence-electron chi connectivity index (χ2n) is 6.57. The van der Waals surface area contributed by atoms with Gasteiger partial charge in [0.15, 0.2) is 0 Å². The second kappa shape index (κ2) is 6.14. The highest BCUT2D eigenvalue weighted by atomic mass is 32.1. The Morgan fingerprint density at radius 1 is 1.30 bits per heavy atom. The van der Waals surface area contributed by atoms with Gasteiger partial charge in [0.25, 0.3) is 5.91 Å². The maximum atomic E-state index is 12.5. The molecule has 1 atom stereocenters. The number of nitrogens with one attached hydrogen (secondary N) is 2. The number of anilines is 1. The highest BCUT2D eigenvalue weighted by molar-refractivity contribution is 7.21. The molecule has 1 amide bonds. The van der Waals surface area contributed by atoms with Crippen molar-refractivity contribution in [3.63, 3.8) is 0 Å². The van der Waals surface area contributed by atoms with Gasteiger partial charge in [-0.3, -0.25) is 4.79 Å². The van der Waals surface area contributed by atoms with Crippen LogP contribution in [-0.4, -0.2) is 27.9 Å². The van der Waals surface area contributed by atoms with Crippen LogP contribution in [0.1, 0.15) is 21.5 Å². The van der Waals surface area contributed by atoms with Crippen molar-refractivity contribution in [1.29, 1.82) is 0 Å². The van der Waals surface area contributed by atoms with Crippen molar-refractivity contribution in [2.75, 3.05) is 11.9 Å². The van der Waals surface area contributed by atoms with Crippen LogP contribution < -0.4 is 10.6 Å². The molecule has 27 heavy (non-hydrogen) atoms. The molecule has 0 saturated heterocycles. The Balaban J connectivity index is 1.74. The fourth-order valence-corrected chi connectivity index (χ4v) is 5.16. The number of pyridine rings is 1. The fraction of sp³-hybridized carbons (Fsp3) is 0.150. The molecule has 7 heteroatoms. The zero-order valence-corrected chi connectivity index (χ0v) is 16.2. The number of aromatic nitrogens is 2. The highest BCUT2D eigenvalue weighted by Crippen LogP contribution is 2.41. The molecular formula is C20H16N4OS2. The Morgan fingerprint density at radius 2 is 2.19 bits per heavy atom. The number of amides is 1. The van der Waals surface area contributed by atoms with Crippen LogP contribution in [0, 0.1) is 0 Å². The van der Waals surface area contributed by atoms with Crippen molar-refractivity contribution in [3.05, 3.63) is 46.8 Å². The van der Waals surface area contributed by atoms with Gasteiger partial charge >= 0.3 is 0 Å². The average Bonchev–Trinajstić information content (AvgIpc) is 3.27. The first-order chi connectivity index (χ1) is 13.2. The SMILES string of the molecule is C=Cc1sncc1-c1ccc2c(ccc3sc4c(c32)NC[C@@H](C)NC4=O)n1. The zero-order valence-electron chi connectivity index (χ0n) is 14.6. The minimum absolute atomic E-state index is 0.0126. The zero-order chi connectivity index (χ0) is 18.5. The Kier molecular flexibility index (Phi) is 3.73. The lowest BCUT2D eigenvalue weighted by molar-refractivity contribution is 0.0949. The summed E-state index contributed by atoms with van der Waals surface area (Å²) in [5.41, 5.74) is 3.70. The van der Waals surface area contributed by atoms with Gasteiger partial charge in [-0.25, -0.2) is 4.98 Å². The first kappa shape index (κ1) is 16.4. The lowest BCUT2D eigenvalue weighted by Crippen LogP contribution is -2.34. The first-order valence-electron chi connectivity index (χ1n) is 8.64. The molecule has 0 radical (unpaired) electrons. The van der Waals surface area contributed by atoms with Gasteiger partial charge in [-0.2, -0.15) is 4.37 Å². The van der Waals surface area contributed by atoms with Crippen molar-refractivity contribution in [2.24, 2.45) is 0 Å². The number of carbonyl (C=O) groups excluding carboxylic acids is 1. The summed E-state index contributed by atoms with van der Waals surface area (Å²) in [6, 6.07) is 8.26. The second-order valence-corrected chi connectivity index (χ2v) is 8.46. The number of hydrogen-bond donors (Lipinski definition) is 2. The summed E-state index contributed by atoms with van der Waals surface area (Å²) in [5, 5.41) is 8.60. The van der Waals surface area contributed by atoms with Gasteiger partial charge in [-0.15, -0.1) is 11.3 Å². The molecule has 1 aliphatic heterocycles. The summed E-state index contributed by atoms with van der Waals surface area (Å²) in [5.74, 6) is -0.0126. The van der Waals surface area contributed by atoms with Gasteiger partial charge in [-0.1, -0.05) is 6.58 Å². The van der Waals surface area contributed by atoms with E-state index in [0.717, 1.165) is 47.7 Å². The predicted molar refractivity (Wildman–Crippen MR) is 114 cm³/mol. The summed E-state index contributed by atoms with van der Waals surface area (Å²) in [6.07, 6.45) is 3.64. The Morgan fingerprint density at radius 3 is 3.04 bits per heavy atom. The highest BCUT2D eigenvalue weighted by Gasteiger charge is 2.24. The van der Waals surface area contributed by atoms with E-state index in [-0.39, 0.29) is 11.9 Å².